The van der Waals surface area contributed by atoms with Gasteiger partial charge in [0.15, 0.2) is 0 Å². The summed E-state index contributed by atoms with van der Waals surface area (Å²) in [7, 11) is 0. The van der Waals surface area contributed by atoms with Gasteiger partial charge in [0.25, 0.3) is 5.91 Å². The lowest BCUT2D eigenvalue weighted by Crippen LogP contribution is -2.43. The molecule has 0 aromatic heterocycles. The van der Waals surface area contributed by atoms with Crippen molar-refractivity contribution in [3.8, 4) is 0 Å². The third-order valence-corrected chi connectivity index (χ3v) is 6.41. The Morgan fingerprint density at radius 2 is 1.57 bits per heavy atom. The average Bonchev–Trinajstić information content (AvgIpc) is 3.28. The molecule has 2 aromatic carbocycles. The first-order valence-electron chi connectivity index (χ1n) is 11.6. The molecule has 2 aliphatic rings. The van der Waals surface area contributed by atoms with Gasteiger partial charge in [0.2, 0.25) is 11.8 Å². The first kappa shape index (κ1) is 26.5. The second-order valence-corrected chi connectivity index (χ2v) is 9.07. The van der Waals surface area contributed by atoms with E-state index in [-0.39, 0.29) is 25.1 Å². The van der Waals surface area contributed by atoms with E-state index in [9.17, 15) is 40.7 Å². The molecule has 37 heavy (non-hydrogen) atoms. The van der Waals surface area contributed by atoms with Crippen LogP contribution in [-0.2, 0) is 21.9 Å². The van der Waals surface area contributed by atoms with Crippen LogP contribution in [0.2, 0.25) is 0 Å². The molecule has 0 spiro atoms. The van der Waals surface area contributed by atoms with Gasteiger partial charge in [0, 0.05) is 43.0 Å². The minimum atomic E-state index is -5.07. The highest BCUT2D eigenvalue weighted by atomic mass is 19.4. The number of benzene rings is 2. The van der Waals surface area contributed by atoms with E-state index in [0.717, 1.165) is 11.3 Å². The van der Waals surface area contributed by atoms with Crippen LogP contribution in [0.15, 0.2) is 42.5 Å². The van der Waals surface area contributed by atoms with E-state index in [1.165, 1.54) is 0 Å². The molecule has 12 heteroatoms. The molecular formula is C25H23F6N3O3. The second kappa shape index (κ2) is 10.1. The molecule has 4 rings (SSSR count). The molecule has 1 unspecified atom stereocenters. The van der Waals surface area contributed by atoms with Crippen LogP contribution >= 0.6 is 0 Å². The summed E-state index contributed by atoms with van der Waals surface area (Å²) >= 11 is 0. The van der Waals surface area contributed by atoms with Crippen molar-refractivity contribution in [1.82, 2.24) is 4.90 Å². The molecule has 6 nitrogen and oxygen atoms in total. The fourth-order valence-corrected chi connectivity index (χ4v) is 4.55. The first-order chi connectivity index (χ1) is 17.3. The van der Waals surface area contributed by atoms with E-state index < -0.39 is 46.8 Å². The molecule has 0 saturated carbocycles. The molecule has 1 atom stereocenters. The quantitative estimate of drug-likeness (QED) is 0.546. The summed E-state index contributed by atoms with van der Waals surface area (Å²) in [6.07, 6.45) is -8.24. The van der Waals surface area contributed by atoms with Gasteiger partial charge in [-0.1, -0.05) is 6.07 Å². The van der Waals surface area contributed by atoms with E-state index in [2.05, 4.69) is 5.32 Å². The number of alkyl halides is 6. The topological polar surface area (TPSA) is 69.7 Å². The number of carbonyl (C=O) groups excluding carboxylic acids is 3. The van der Waals surface area contributed by atoms with Crippen LogP contribution in [0, 0.1) is 5.92 Å². The zero-order valence-corrected chi connectivity index (χ0v) is 19.5. The molecule has 0 aliphatic carbocycles. The molecule has 0 radical (unpaired) electrons. The Morgan fingerprint density at radius 3 is 2.16 bits per heavy atom. The van der Waals surface area contributed by atoms with Crippen molar-refractivity contribution >= 4 is 29.1 Å². The molecule has 0 bridgehead atoms. The van der Waals surface area contributed by atoms with E-state index >= 15 is 0 Å². The fourth-order valence-electron chi connectivity index (χ4n) is 4.55. The minimum absolute atomic E-state index is 0.0202. The van der Waals surface area contributed by atoms with E-state index in [4.69, 9.17) is 0 Å². The molecule has 1 N–H and O–H groups in total. The maximum absolute atomic E-state index is 13.2. The zero-order valence-electron chi connectivity index (χ0n) is 19.5. The minimum Gasteiger partial charge on any atom is -0.338 e. The lowest BCUT2D eigenvalue weighted by molar-refractivity contribution is -0.143. The molecule has 198 valence electrons. The number of anilines is 2. The normalized spacial score (nSPS) is 18.8. The zero-order chi connectivity index (χ0) is 27.0. The molecule has 3 amide bonds. The Hall–Kier alpha value is -3.57. The van der Waals surface area contributed by atoms with Gasteiger partial charge in [-0.15, -0.1) is 0 Å². The van der Waals surface area contributed by atoms with E-state index in [1.807, 2.05) is 0 Å². The van der Waals surface area contributed by atoms with Crippen LogP contribution in [0.3, 0.4) is 0 Å². The molecule has 2 fully saturated rings. The van der Waals surface area contributed by atoms with Gasteiger partial charge in [0.1, 0.15) is 0 Å². The van der Waals surface area contributed by atoms with Crippen molar-refractivity contribution in [3.05, 3.63) is 59.2 Å². The molecular weight excluding hydrogens is 504 g/mol. The first-order valence-corrected chi connectivity index (χ1v) is 11.6. The number of amides is 3. The summed E-state index contributed by atoms with van der Waals surface area (Å²) in [4.78, 5) is 40.6. The number of likely N-dealkylation sites (tertiary alicyclic amines) is 1. The van der Waals surface area contributed by atoms with Crippen molar-refractivity contribution in [2.45, 2.75) is 38.0 Å². The predicted molar refractivity (Wildman–Crippen MR) is 122 cm³/mol. The Balaban J connectivity index is 1.49. The summed E-state index contributed by atoms with van der Waals surface area (Å²) in [5.41, 5.74) is -2.84. The Labute approximate surface area is 208 Å². The Morgan fingerprint density at radius 1 is 0.892 bits per heavy atom. The van der Waals surface area contributed by atoms with Gasteiger partial charge >= 0.3 is 12.4 Å². The van der Waals surface area contributed by atoms with Gasteiger partial charge in [-0.05, 0) is 55.7 Å². The summed E-state index contributed by atoms with van der Waals surface area (Å²) in [5, 5.41) is 2.74. The fraction of sp³-hybridized carbons (Fsp3) is 0.400. The number of carbonyl (C=O) groups is 3. The Kier molecular flexibility index (Phi) is 7.20. The monoisotopic (exact) mass is 527 g/mol. The van der Waals surface area contributed by atoms with E-state index in [0.29, 0.717) is 49.3 Å². The van der Waals surface area contributed by atoms with Gasteiger partial charge < -0.3 is 15.1 Å². The highest BCUT2D eigenvalue weighted by Gasteiger charge is 2.38. The van der Waals surface area contributed by atoms with Crippen LogP contribution < -0.4 is 10.2 Å². The third kappa shape index (κ3) is 6.05. The summed E-state index contributed by atoms with van der Waals surface area (Å²) in [6, 6.07) is 7.46. The van der Waals surface area contributed by atoms with Crippen molar-refractivity contribution in [3.63, 3.8) is 0 Å². The number of nitrogens with zero attached hydrogens (tertiary/aromatic N) is 2. The van der Waals surface area contributed by atoms with Crippen molar-refractivity contribution in [1.29, 1.82) is 0 Å². The number of halogens is 6. The molecule has 2 aromatic rings. The largest absolute Gasteiger partial charge is 0.416 e. The summed E-state index contributed by atoms with van der Waals surface area (Å²) in [5.74, 6) is -2.19. The van der Waals surface area contributed by atoms with Crippen molar-refractivity contribution in [2.24, 2.45) is 5.92 Å². The number of nitrogens with one attached hydrogen (secondary N) is 1. The second-order valence-electron chi connectivity index (χ2n) is 9.07. The SMILES string of the molecule is O=C(Nc1cccc(N2CCCC2=O)c1)C1CCCN(C(=O)c2cc(C(F)(F)F)cc(C(F)(F)F)c2)C1. The maximum atomic E-state index is 13.2. The smallest absolute Gasteiger partial charge is 0.338 e. The number of piperidine rings is 1. The van der Waals surface area contributed by atoms with Crippen LogP contribution in [0.1, 0.15) is 47.2 Å². The van der Waals surface area contributed by atoms with E-state index in [1.54, 1.807) is 29.2 Å². The predicted octanol–water partition coefficient (Wildman–Crippen LogP) is 5.34. The van der Waals surface area contributed by atoms with Crippen molar-refractivity contribution < 1.29 is 40.7 Å². The summed E-state index contributed by atoms with van der Waals surface area (Å²) in [6.45, 7) is 0.501. The van der Waals surface area contributed by atoms with Crippen LogP contribution in [-0.4, -0.2) is 42.3 Å². The van der Waals surface area contributed by atoms with Gasteiger partial charge in [-0.3, -0.25) is 14.4 Å². The highest BCUT2D eigenvalue weighted by molar-refractivity contribution is 5.98. The molecule has 2 aliphatic heterocycles. The lowest BCUT2D eigenvalue weighted by atomic mass is 9.95. The van der Waals surface area contributed by atoms with Gasteiger partial charge in [-0.2, -0.15) is 26.3 Å². The number of hydrogen-bond acceptors (Lipinski definition) is 3. The lowest BCUT2D eigenvalue weighted by Gasteiger charge is -2.32. The van der Waals surface area contributed by atoms with Crippen LogP contribution in [0.25, 0.3) is 0 Å². The maximum Gasteiger partial charge on any atom is 0.416 e. The highest BCUT2D eigenvalue weighted by Crippen LogP contribution is 2.37. The number of hydrogen-bond donors (Lipinski definition) is 1. The third-order valence-electron chi connectivity index (χ3n) is 6.41. The van der Waals surface area contributed by atoms with Crippen molar-refractivity contribution in [2.75, 3.05) is 29.9 Å². The Bertz CT molecular complexity index is 1180. The molecule has 2 heterocycles. The van der Waals surface area contributed by atoms with Crippen LogP contribution in [0.4, 0.5) is 37.7 Å². The van der Waals surface area contributed by atoms with Gasteiger partial charge in [0.05, 0.1) is 17.0 Å². The number of rotatable bonds is 4. The van der Waals surface area contributed by atoms with Gasteiger partial charge in [-0.25, -0.2) is 0 Å². The standard InChI is InChI=1S/C25H23F6N3O3/c26-24(27,28)17-10-16(11-18(12-17)25(29,30)31)23(37)33-8-2-4-15(14-33)22(36)32-19-5-1-6-20(13-19)34-9-3-7-21(34)35/h1,5-6,10-13,15H,2-4,7-9,14H2,(H,32,36). The van der Waals surface area contributed by atoms with Crippen LogP contribution in [0.5, 0.6) is 0 Å². The molecule has 2 saturated heterocycles. The average molecular weight is 527 g/mol. The summed E-state index contributed by atoms with van der Waals surface area (Å²) < 4.78 is 79.2.